The Hall–Kier alpha value is -1.98. The first kappa shape index (κ1) is 10.2. The molecule has 1 aliphatic rings. The number of nitrogens with zero attached hydrogens (tertiary/aromatic N) is 2. The third kappa shape index (κ3) is 1.75. The fourth-order valence-corrected chi connectivity index (χ4v) is 1.75. The Bertz CT molecular complexity index is 554. The van der Waals surface area contributed by atoms with Gasteiger partial charge in [0.05, 0.1) is 6.61 Å². The molecule has 3 rings (SSSR count). The lowest BCUT2D eigenvalue weighted by molar-refractivity contribution is 0.106. The van der Waals surface area contributed by atoms with Crippen LogP contribution in [-0.2, 0) is 6.42 Å². The van der Waals surface area contributed by atoms with Gasteiger partial charge in [0, 0.05) is 12.0 Å². The van der Waals surface area contributed by atoms with E-state index in [1.165, 1.54) is 0 Å². The average molecular weight is 238 g/mol. The van der Waals surface area contributed by atoms with Crippen molar-refractivity contribution in [2.45, 2.75) is 12.8 Å². The van der Waals surface area contributed by atoms with E-state index in [0.29, 0.717) is 12.2 Å². The van der Waals surface area contributed by atoms with E-state index in [1.807, 2.05) is 6.07 Å². The molecule has 0 fully saturated rings. The molecule has 6 heteroatoms. The smallest absolute Gasteiger partial charge is 0.315 e. The zero-order valence-corrected chi connectivity index (χ0v) is 8.69. The highest BCUT2D eigenvalue weighted by molar-refractivity contribution is 5.59. The highest BCUT2D eigenvalue weighted by Crippen LogP contribution is 2.30. The Morgan fingerprint density at radius 3 is 2.94 bits per heavy atom. The molecule has 1 aromatic carbocycles. The second kappa shape index (κ2) is 3.80. The number of alkyl halides is 2. The van der Waals surface area contributed by atoms with Gasteiger partial charge in [0.1, 0.15) is 5.75 Å². The maximum atomic E-state index is 12.3. The molecule has 0 spiro atoms. The molecular formula is C11H8F2N2O2. The molecule has 1 aliphatic heterocycles. The summed E-state index contributed by atoms with van der Waals surface area (Å²) in [7, 11) is 0. The molecule has 0 saturated heterocycles. The van der Waals surface area contributed by atoms with Crippen LogP contribution in [-0.4, -0.2) is 16.7 Å². The molecule has 0 aliphatic carbocycles. The van der Waals surface area contributed by atoms with Crippen LogP contribution in [0.1, 0.15) is 17.9 Å². The van der Waals surface area contributed by atoms with E-state index in [4.69, 9.17) is 4.74 Å². The predicted octanol–water partition coefficient (Wildman–Crippen LogP) is 2.61. The van der Waals surface area contributed by atoms with Gasteiger partial charge in [0.2, 0.25) is 5.82 Å². The van der Waals surface area contributed by atoms with E-state index in [1.54, 1.807) is 12.1 Å². The van der Waals surface area contributed by atoms with Gasteiger partial charge in [-0.3, -0.25) is 0 Å². The first-order chi connectivity index (χ1) is 8.24. The van der Waals surface area contributed by atoms with E-state index in [2.05, 4.69) is 14.7 Å². The molecule has 88 valence electrons. The lowest BCUT2D eigenvalue weighted by atomic mass is 10.1. The fourth-order valence-electron chi connectivity index (χ4n) is 1.75. The molecule has 0 unspecified atom stereocenters. The van der Waals surface area contributed by atoms with Crippen molar-refractivity contribution in [2.24, 2.45) is 0 Å². The van der Waals surface area contributed by atoms with Crippen molar-refractivity contribution in [2.75, 3.05) is 6.61 Å². The van der Waals surface area contributed by atoms with Crippen molar-refractivity contribution < 1.29 is 18.0 Å². The van der Waals surface area contributed by atoms with Gasteiger partial charge in [0.15, 0.2) is 0 Å². The van der Waals surface area contributed by atoms with Crippen LogP contribution in [0.15, 0.2) is 22.7 Å². The second-order valence-corrected chi connectivity index (χ2v) is 3.68. The van der Waals surface area contributed by atoms with E-state index in [0.717, 1.165) is 17.7 Å². The van der Waals surface area contributed by atoms with E-state index >= 15 is 0 Å². The highest BCUT2D eigenvalue weighted by Gasteiger charge is 2.19. The fraction of sp³-hybridized carbons (Fsp3) is 0.273. The summed E-state index contributed by atoms with van der Waals surface area (Å²) >= 11 is 0. The van der Waals surface area contributed by atoms with Gasteiger partial charge in [-0.2, -0.15) is 13.8 Å². The molecule has 0 saturated carbocycles. The van der Waals surface area contributed by atoms with E-state index in [-0.39, 0.29) is 5.82 Å². The van der Waals surface area contributed by atoms with Crippen molar-refractivity contribution in [1.82, 2.24) is 10.1 Å². The van der Waals surface area contributed by atoms with Crippen molar-refractivity contribution >= 4 is 0 Å². The molecule has 1 aromatic heterocycles. The summed E-state index contributed by atoms with van der Waals surface area (Å²) in [4.78, 5) is 3.62. The van der Waals surface area contributed by atoms with Crippen molar-refractivity contribution in [1.29, 1.82) is 0 Å². The number of rotatable bonds is 2. The maximum Gasteiger partial charge on any atom is 0.315 e. The Labute approximate surface area is 95.2 Å². The van der Waals surface area contributed by atoms with Crippen molar-refractivity contribution in [3.05, 3.63) is 29.7 Å². The zero-order valence-electron chi connectivity index (χ0n) is 8.69. The highest BCUT2D eigenvalue weighted by atomic mass is 19.3. The predicted molar refractivity (Wildman–Crippen MR) is 53.9 cm³/mol. The number of halogens is 2. The minimum atomic E-state index is -2.75. The number of fused-ring (bicyclic) bond motifs is 1. The number of ether oxygens (including phenoxy) is 1. The largest absolute Gasteiger partial charge is 0.493 e. The molecule has 4 nitrogen and oxygen atoms in total. The van der Waals surface area contributed by atoms with E-state index in [9.17, 15) is 8.78 Å². The molecule has 0 N–H and O–H groups in total. The summed E-state index contributed by atoms with van der Waals surface area (Å²) in [5.41, 5.74) is 1.72. The molecule has 0 atom stereocenters. The van der Waals surface area contributed by atoms with E-state index < -0.39 is 12.3 Å². The Morgan fingerprint density at radius 1 is 1.29 bits per heavy atom. The quantitative estimate of drug-likeness (QED) is 0.806. The summed E-state index contributed by atoms with van der Waals surface area (Å²) in [6.45, 7) is 0.646. The SMILES string of the molecule is FC(F)c1nc(-c2ccc3c(c2)OCC3)no1. The lowest BCUT2D eigenvalue weighted by Gasteiger charge is -1.99. The van der Waals surface area contributed by atoms with Crippen LogP contribution in [0.5, 0.6) is 5.75 Å². The van der Waals surface area contributed by atoms with Gasteiger partial charge in [0.25, 0.3) is 5.89 Å². The summed E-state index contributed by atoms with van der Waals surface area (Å²) in [5, 5.41) is 3.51. The van der Waals surface area contributed by atoms with Gasteiger partial charge < -0.3 is 9.26 Å². The van der Waals surface area contributed by atoms with Crippen molar-refractivity contribution in [3.8, 4) is 17.1 Å². The van der Waals surface area contributed by atoms with Crippen LogP contribution >= 0.6 is 0 Å². The Kier molecular flexibility index (Phi) is 2.28. The van der Waals surface area contributed by atoms with Crippen LogP contribution < -0.4 is 4.74 Å². The molecule has 0 bridgehead atoms. The van der Waals surface area contributed by atoms with Gasteiger partial charge in [-0.05, 0) is 11.6 Å². The normalized spacial score (nSPS) is 13.8. The average Bonchev–Trinajstić information content (AvgIpc) is 2.97. The zero-order chi connectivity index (χ0) is 11.8. The summed E-state index contributed by atoms with van der Waals surface area (Å²) in [5.74, 6) is 0.242. The Morgan fingerprint density at radius 2 is 2.18 bits per heavy atom. The number of hydrogen-bond acceptors (Lipinski definition) is 4. The first-order valence-electron chi connectivity index (χ1n) is 5.12. The standard InChI is InChI=1S/C11H8F2N2O2/c12-9(13)11-14-10(15-17-11)7-2-1-6-3-4-16-8(6)5-7/h1-2,5,9H,3-4H2. The second-order valence-electron chi connectivity index (χ2n) is 3.68. The molecule has 0 radical (unpaired) electrons. The summed E-state index contributed by atoms with van der Waals surface area (Å²) < 4.78 is 34.4. The third-order valence-electron chi connectivity index (χ3n) is 2.58. The van der Waals surface area contributed by atoms with Crippen LogP contribution in [0.3, 0.4) is 0 Å². The van der Waals surface area contributed by atoms with Crippen LogP contribution in [0.2, 0.25) is 0 Å². The topological polar surface area (TPSA) is 48.2 Å². The Balaban J connectivity index is 1.97. The van der Waals surface area contributed by atoms with Gasteiger partial charge >= 0.3 is 6.43 Å². The molecule has 2 aromatic rings. The van der Waals surface area contributed by atoms with Crippen LogP contribution in [0.4, 0.5) is 8.78 Å². The molecular weight excluding hydrogens is 230 g/mol. The van der Waals surface area contributed by atoms with Crippen LogP contribution in [0.25, 0.3) is 11.4 Å². The maximum absolute atomic E-state index is 12.3. The third-order valence-corrected chi connectivity index (χ3v) is 2.58. The molecule has 2 heterocycles. The number of aromatic nitrogens is 2. The van der Waals surface area contributed by atoms with Gasteiger partial charge in [-0.1, -0.05) is 17.3 Å². The molecule has 17 heavy (non-hydrogen) atoms. The minimum Gasteiger partial charge on any atom is -0.493 e. The van der Waals surface area contributed by atoms with Gasteiger partial charge in [-0.15, -0.1) is 0 Å². The van der Waals surface area contributed by atoms with Gasteiger partial charge in [-0.25, -0.2) is 0 Å². The molecule has 0 amide bonds. The van der Waals surface area contributed by atoms with Crippen molar-refractivity contribution in [3.63, 3.8) is 0 Å². The number of hydrogen-bond donors (Lipinski definition) is 0. The van der Waals surface area contributed by atoms with Crippen LogP contribution in [0, 0.1) is 0 Å². The first-order valence-corrected chi connectivity index (χ1v) is 5.12. The minimum absolute atomic E-state index is 0.151. The summed E-state index contributed by atoms with van der Waals surface area (Å²) in [6, 6.07) is 5.39. The summed E-state index contributed by atoms with van der Waals surface area (Å²) in [6.07, 6.45) is -1.88. The monoisotopic (exact) mass is 238 g/mol. The number of benzene rings is 1. The lowest BCUT2D eigenvalue weighted by Crippen LogP contribution is -1.87.